The molecule has 0 bridgehead atoms. The Morgan fingerprint density at radius 2 is 1.68 bits per heavy atom. The number of hydrogen-bond donors (Lipinski definition) is 2. The quantitative estimate of drug-likeness (QED) is 0.506. The number of hydrogen-bond acceptors (Lipinski definition) is 3. The molecule has 0 aromatic heterocycles. The van der Waals surface area contributed by atoms with Gasteiger partial charge in [-0.05, 0) is 43.9 Å². The zero-order chi connectivity index (χ0) is 21.0. The molecule has 0 atom stereocenters. The van der Waals surface area contributed by atoms with Crippen molar-refractivity contribution >= 4 is 16.0 Å². The second-order valence-corrected chi connectivity index (χ2v) is 10.4. The Labute approximate surface area is 166 Å². The molecule has 2 rings (SSSR count). The molecule has 2 aliphatic rings. The number of nitrogens with one attached hydrogen (secondary N) is 2. The Bertz CT molecular complexity index is 636. The molecule has 0 unspecified atom stereocenters. The minimum Gasteiger partial charge on any atom is -0.357 e. The lowest BCUT2D eigenvalue weighted by atomic mass is 9.78. The van der Waals surface area contributed by atoms with E-state index in [2.05, 4.69) is 24.5 Å². The fourth-order valence-corrected chi connectivity index (χ4v) is 5.00. The van der Waals surface area contributed by atoms with Gasteiger partial charge in [0.25, 0.3) is 0 Å². The van der Waals surface area contributed by atoms with Crippen molar-refractivity contribution in [3.8, 4) is 0 Å². The SMILES string of the molecule is CCNC(=NCC(C)(C)C1CCCC1)NC1CCN(S(=O)(=O)C(F)(F)F)CC1. The summed E-state index contributed by atoms with van der Waals surface area (Å²) in [5.41, 5.74) is -5.14. The number of guanidine groups is 1. The highest BCUT2D eigenvalue weighted by molar-refractivity contribution is 7.90. The molecular weight excluding hydrogens is 393 g/mol. The molecule has 0 aromatic rings. The van der Waals surface area contributed by atoms with Gasteiger partial charge in [0.2, 0.25) is 0 Å². The Balaban J connectivity index is 1.93. The van der Waals surface area contributed by atoms with Crippen LogP contribution in [0.1, 0.15) is 59.3 Å². The lowest BCUT2D eigenvalue weighted by Crippen LogP contribution is -2.51. The van der Waals surface area contributed by atoms with Gasteiger partial charge in [0.1, 0.15) is 0 Å². The number of aliphatic imine (C=N–C) groups is 1. The topological polar surface area (TPSA) is 73.8 Å². The van der Waals surface area contributed by atoms with Crippen LogP contribution in [0.3, 0.4) is 0 Å². The van der Waals surface area contributed by atoms with Crippen LogP contribution in [0.2, 0.25) is 0 Å². The van der Waals surface area contributed by atoms with E-state index in [4.69, 9.17) is 4.99 Å². The third-order valence-corrected chi connectivity index (χ3v) is 7.51. The maximum absolute atomic E-state index is 12.7. The van der Waals surface area contributed by atoms with E-state index in [9.17, 15) is 21.6 Å². The largest absolute Gasteiger partial charge is 0.511 e. The third kappa shape index (κ3) is 5.75. The van der Waals surface area contributed by atoms with Crippen LogP contribution in [0, 0.1) is 11.3 Å². The number of nitrogens with zero attached hydrogens (tertiary/aromatic N) is 2. The van der Waals surface area contributed by atoms with Crippen LogP contribution in [0.15, 0.2) is 4.99 Å². The van der Waals surface area contributed by atoms with E-state index in [0.717, 1.165) is 0 Å². The molecule has 1 aliphatic heterocycles. The van der Waals surface area contributed by atoms with Crippen molar-refractivity contribution < 1.29 is 21.6 Å². The molecule has 0 radical (unpaired) electrons. The first-order valence-electron chi connectivity index (χ1n) is 10.1. The van der Waals surface area contributed by atoms with Gasteiger partial charge in [0.05, 0.1) is 0 Å². The van der Waals surface area contributed by atoms with Crippen LogP contribution in [0.5, 0.6) is 0 Å². The van der Waals surface area contributed by atoms with Crippen LogP contribution in [-0.4, -0.2) is 56.4 Å². The molecule has 0 spiro atoms. The van der Waals surface area contributed by atoms with Gasteiger partial charge in [0, 0.05) is 32.2 Å². The highest BCUT2D eigenvalue weighted by atomic mass is 32.2. The third-order valence-electron chi connectivity index (χ3n) is 5.88. The summed E-state index contributed by atoms with van der Waals surface area (Å²) in [4.78, 5) is 4.71. The molecule has 1 aliphatic carbocycles. The summed E-state index contributed by atoms with van der Waals surface area (Å²) in [6.07, 6.45) is 5.64. The molecule has 28 heavy (non-hydrogen) atoms. The van der Waals surface area contributed by atoms with Gasteiger partial charge in [-0.3, -0.25) is 4.99 Å². The summed E-state index contributed by atoms with van der Waals surface area (Å²) in [5, 5.41) is 6.45. The van der Waals surface area contributed by atoms with Crippen molar-refractivity contribution in [1.29, 1.82) is 0 Å². The number of alkyl halides is 3. The number of rotatable bonds is 6. The zero-order valence-electron chi connectivity index (χ0n) is 17.0. The van der Waals surface area contributed by atoms with Gasteiger partial charge < -0.3 is 10.6 Å². The van der Waals surface area contributed by atoms with E-state index in [-0.39, 0.29) is 24.5 Å². The second kappa shape index (κ2) is 9.19. The average Bonchev–Trinajstić information content (AvgIpc) is 3.15. The normalized spacial score (nSPS) is 21.9. The fourth-order valence-electron chi connectivity index (χ4n) is 4.02. The van der Waals surface area contributed by atoms with Crippen molar-refractivity contribution in [1.82, 2.24) is 14.9 Å². The van der Waals surface area contributed by atoms with Crippen molar-refractivity contribution in [2.45, 2.75) is 70.8 Å². The van der Waals surface area contributed by atoms with Crippen molar-refractivity contribution in [2.24, 2.45) is 16.3 Å². The van der Waals surface area contributed by atoms with Crippen LogP contribution in [-0.2, 0) is 10.0 Å². The van der Waals surface area contributed by atoms with Crippen LogP contribution in [0.4, 0.5) is 13.2 Å². The summed E-state index contributed by atoms with van der Waals surface area (Å²) >= 11 is 0. The zero-order valence-corrected chi connectivity index (χ0v) is 17.8. The highest BCUT2D eigenvalue weighted by Gasteiger charge is 2.50. The van der Waals surface area contributed by atoms with E-state index >= 15 is 0 Å². The monoisotopic (exact) mass is 426 g/mol. The Kier molecular flexibility index (Phi) is 7.63. The van der Waals surface area contributed by atoms with Gasteiger partial charge in [0.15, 0.2) is 5.96 Å². The molecule has 1 heterocycles. The molecule has 164 valence electrons. The lowest BCUT2D eigenvalue weighted by Gasteiger charge is -2.33. The van der Waals surface area contributed by atoms with Crippen molar-refractivity contribution in [3.05, 3.63) is 0 Å². The molecule has 10 heteroatoms. The molecular formula is C18H33F3N4O2S. The Morgan fingerprint density at radius 3 is 2.18 bits per heavy atom. The highest BCUT2D eigenvalue weighted by Crippen LogP contribution is 2.39. The summed E-state index contributed by atoms with van der Waals surface area (Å²) in [6.45, 7) is 7.48. The van der Waals surface area contributed by atoms with E-state index in [1.165, 1.54) is 25.7 Å². The molecule has 1 saturated heterocycles. The molecule has 1 saturated carbocycles. The van der Waals surface area contributed by atoms with Gasteiger partial charge in [-0.15, -0.1) is 0 Å². The first-order valence-corrected chi connectivity index (χ1v) is 11.5. The van der Waals surface area contributed by atoms with Crippen molar-refractivity contribution in [2.75, 3.05) is 26.2 Å². The van der Waals surface area contributed by atoms with Crippen LogP contribution < -0.4 is 10.6 Å². The van der Waals surface area contributed by atoms with Gasteiger partial charge >= 0.3 is 15.5 Å². The van der Waals surface area contributed by atoms with Gasteiger partial charge in [-0.2, -0.15) is 17.5 Å². The van der Waals surface area contributed by atoms with E-state index in [0.29, 0.717) is 42.1 Å². The lowest BCUT2D eigenvalue weighted by molar-refractivity contribution is -0.0494. The maximum Gasteiger partial charge on any atom is 0.511 e. The molecule has 0 aromatic carbocycles. The first-order chi connectivity index (χ1) is 13.0. The Hall–Kier alpha value is -1.03. The molecule has 6 nitrogen and oxygen atoms in total. The van der Waals surface area contributed by atoms with Crippen molar-refractivity contribution in [3.63, 3.8) is 0 Å². The minimum absolute atomic E-state index is 0.100. The Morgan fingerprint density at radius 1 is 1.11 bits per heavy atom. The number of sulfonamides is 1. The predicted molar refractivity (Wildman–Crippen MR) is 104 cm³/mol. The summed E-state index contributed by atoms with van der Waals surface area (Å²) < 4.78 is 61.6. The van der Waals surface area contributed by atoms with Gasteiger partial charge in [-0.1, -0.05) is 26.7 Å². The minimum atomic E-state index is -5.24. The smallest absolute Gasteiger partial charge is 0.357 e. The van der Waals surface area contributed by atoms with Crippen LogP contribution >= 0.6 is 0 Å². The fraction of sp³-hybridized carbons (Fsp3) is 0.944. The average molecular weight is 427 g/mol. The summed E-state index contributed by atoms with van der Waals surface area (Å²) in [6, 6.07) is -0.105. The van der Waals surface area contributed by atoms with E-state index in [1.807, 2.05) is 6.92 Å². The van der Waals surface area contributed by atoms with Crippen LogP contribution in [0.25, 0.3) is 0 Å². The molecule has 2 N–H and O–H groups in total. The molecule has 2 fully saturated rings. The predicted octanol–water partition coefficient (Wildman–Crippen LogP) is 3.07. The standard InChI is InChI=1S/C18H33F3N4O2S/c1-4-22-16(23-13-17(2,3)14-7-5-6-8-14)24-15-9-11-25(12-10-15)28(26,27)18(19,20)21/h14-15H,4-13H2,1-3H3,(H2,22,23,24). The second-order valence-electron chi connectivity index (χ2n) is 8.43. The van der Waals surface area contributed by atoms with Gasteiger partial charge in [-0.25, -0.2) is 8.42 Å². The van der Waals surface area contributed by atoms with E-state index in [1.54, 1.807) is 0 Å². The maximum atomic E-state index is 12.7. The summed E-state index contributed by atoms with van der Waals surface area (Å²) in [7, 11) is -5.24. The van der Waals surface area contributed by atoms with E-state index < -0.39 is 15.5 Å². The summed E-state index contributed by atoms with van der Waals surface area (Å²) in [5.74, 6) is 1.31. The number of halogens is 3. The number of piperidine rings is 1. The molecule has 0 amide bonds. The first kappa shape index (κ1) is 23.3.